The Hall–Kier alpha value is -1.54. The number of carbonyl (C=O) groups is 1. The second-order valence-corrected chi connectivity index (χ2v) is 8.20. The predicted octanol–water partition coefficient (Wildman–Crippen LogP) is 5.53. The number of halogens is 2. The average Bonchev–Trinajstić information content (AvgIpc) is 2.88. The molecule has 4 nitrogen and oxygen atoms in total. The van der Waals surface area contributed by atoms with Crippen molar-refractivity contribution >= 4 is 73.5 Å². The van der Waals surface area contributed by atoms with Crippen LogP contribution in [-0.4, -0.2) is 24.4 Å². The maximum atomic E-state index is 12.8. The average molecular weight is 471 g/mol. The molecule has 0 spiro atoms. The fourth-order valence-electron chi connectivity index (χ4n) is 2.48. The molecule has 2 aromatic carbocycles. The Balaban J connectivity index is 1.97. The fraction of sp³-hybridized carbons (Fsp3) is 0.111. The van der Waals surface area contributed by atoms with Crippen LogP contribution in [0.3, 0.4) is 0 Å². The van der Waals surface area contributed by atoms with E-state index in [0.717, 1.165) is 10.0 Å². The van der Waals surface area contributed by atoms with Gasteiger partial charge in [0.1, 0.15) is 0 Å². The van der Waals surface area contributed by atoms with E-state index in [-0.39, 0.29) is 5.91 Å². The zero-order valence-corrected chi connectivity index (χ0v) is 17.8. The molecule has 0 bridgehead atoms. The molecule has 134 valence electrons. The minimum absolute atomic E-state index is 0.187. The third-order valence-electron chi connectivity index (χ3n) is 3.61. The molecule has 1 aliphatic heterocycles. The van der Waals surface area contributed by atoms with Crippen LogP contribution in [-0.2, 0) is 4.79 Å². The van der Waals surface area contributed by atoms with Gasteiger partial charge in [-0.1, -0.05) is 41.6 Å². The smallest absolute Gasteiger partial charge is 0.270 e. The summed E-state index contributed by atoms with van der Waals surface area (Å²) in [5.74, 6) is 0.975. The number of thioether (sulfide) groups is 1. The quantitative estimate of drug-likeness (QED) is 0.434. The first-order valence-corrected chi connectivity index (χ1v) is 9.79. The molecule has 8 heteroatoms. The molecule has 26 heavy (non-hydrogen) atoms. The topological polar surface area (TPSA) is 38.8 Å². The lowest BCUT2D eigenvalue weighted by Gasteiger charge is -2.14. The van der Waals surface area contributed by atoms with E-state index in [1.807, 2.05) is 6.07 Å². The number of thiocarbonyl (C=S) groups is 1. The molecule has 0 radical (unpaired) electrons. The second-order valence-electron chi connectivity index (χ2n) is 5.24. The number of benzene rings is 2. The highest BCUT2D eigenvalue weighted by Gasteiger charge is 2.33. The number of nitrogens with zero attached hydrogens (tertiary/aromatic N) is 1. The normalized spacial score (nSPS) is 15.7. The van der Waals surface area contributed by atoms with Gasteiger partial charge in [-0.2, -0.15) is 0 Å². The van der Waals surface area contributed by atoms with E-state index in [2.05, 4.69) is 15.9 Å². The van der Waals surface area contributed by atoms with Crippen molar-refractivity contribution in [3.63, 3.8) is 0 Å². The van der Waals surface area contributed by atoms with Gasteiger partial charge < -0.3 is 9.47 Å². The van der Waals surface area contributed by atoms with Crippen LogP contribution in [0.15, 0.2) is 45.8 Å². The molecule has 1 aliphatic rings. The molecule has 0 saturated carbocycles. The Morgan fingerprint density at radius 2 is 2.00 bits per heavy atom. The summed E-state index contributed by atoms with van der Waals surface area (Å²) in [6, 6.07) is 10.7. The molecule has 1 fully saturated rings. The van der Waals surface area contributed by atoms with E-state index in [1.54, 1.807) is 50.6 Å². The summed E-state index contributed by atoms with van der Waals surface area (Å²) < 4.78 is 11.9. The standard InChI is InChI=1S/C18H13BrClNO3S2/c1-23-14-7-10(6-13(19)16(14)24-2)8-15-17(22)21(18(25)26-15)12-5-3-4-11(20)9-12/h3-9H,1-2H3/b15-8-. The van der Waals surface area contributed by atoms with Gasteiger partial charge in [0.2, 0.25) is 0 Å². The van der Waals surface area contributed by atoms with Crippen molar-refractivity contribution in [2.24, 2.45) is 0 Å². The van der Waals surface area contributed by atoms with Crippen molar-refractivity contribution in [2.75, 3.05) is 19.1 Å². The monoisotopic (exact) mass is 469 g/mol. The molecule has 2 aromatic rings. The number of rotatable bonds is 4. The van der Waals surface area contributed by atoms with Crippen molar-refractivity contribution in [1.82, 2.24) is 0 Å². The molecule has 0 atom stereocenters. The lowest BCUT2D eigenvalue weighted by Crippen LogP contribution is -2.27. The van der Waals surface area contributed by atoms with Gasteiger partial charge in [0, 0.05) is 5.02 Å². The Labute approximate surface area is 174 Å². The molecular weight excluding hydrogens is 458 g/mol. The highest BCUT2D eigenvalue weighted by atomic mass is 79.9. The molecule has 1 saturated heterocycles. The van der Waals surface area contributed by atoms with Gasteiger partial charge in [-0.05, 0) is 57.9 Å². The molecule has 0 unspecified atom stereocenters. The van der Waals surface area contributed by atoms with Crippen LogP contribution in [0.5, 0.6) is 11.5 Å². The van der Waals surface area contributed by atoms with Crippen LogP contribution in [0, 0.1) is 0 Å². The summed E-state index contributed by atoms with van der Waals surface area (Å²) in [6.45, 7) is 0. The molecule has 1 heterocycles. The first-order chi connectivity index (χ1) is 12.4. The Bertz CT molecular complexity index is 933. The van der Waals surface area contributed by atoms with Gasteiger partial charge >= 0.3 is 0 Å². The van der Waals surface area contributed by atoms with Crippen molar-refractivity contribution in [1.29, 1.82) is 0 Å². The highest BCUT2D eigenvalue weighted by Crippen LogP contribution is 2.40. The number of amides is 1. The third kappa shape index (κ3) is 3.76. The van der Waals surface area contributed by atoms with Gasteiger partial charge in [0.15, 0.2) is 15.8 Å². The van der Waals surface area contributed by atoms with E-state index < -0.39 is 0 Å². The van der Waals surface area contributed by atoms with Crippen LogP contribution >= 0.6 is 51.5 Å². The van der Waals surface area contributed by atoms with Gasteiger partial charge in [-0.25, -0.2) is 0 Å². The number of hydrogen-bond donors (Lipinski definition) is 0. The molecule has 1 amide bonds. The van der Waals surface area contributed by atoms with Gasteiger partial charge in [-0.3, -0.25) is 9.69 Å². The number of hydrogen-bond acceptors (Lipinski definition) is 5. The third-order valence-corrected chi connectivity index (χ3v) is 5.74. The minimum Gasteiger partial charge on any atom is -0.493 e. The summed E-state index contributed by atoms with van der Waals surface area (Å²) in [5.41, 5.74) is 1.44. The zero-order valence-electron chi connectivity index (χ0n) is 13.8. The first kappa shape index (κ1) is 19.2. The van der Waals surface area contributed by atoms with Crippen molar-refractivity contribution in [3.8, 4) is 11.5 Å². The molecule has 0 aromatic heterocycles. The molecule has 0 N–H and O–H groups in total. The Morgan fingerprint density at radius 1 is 1.23 bits per heavy atom. The van der Waals surface area contributed by atoms with E-state index in [1.165, 1.54) is 16.7 Å². The minimum atomic E-state index is -0.187. The maximum Gasteiger partial charge on any atom is 0.270 e. The summed E-state index contributed by atoms with van der Waals surface area (Å²) in [7, 11) is 3.13. The van der Waals surface area contributed by atoms with E-state index >= 15 is 0 Å². The Kier molecular flexibility index (Phi) is 5.92. The van der Waals surface area contributed by atoms with E-state index in [0.29, 0.717) is 31.4 Å². The zero-order chi connectivity index (χ0) is 18.8. The van der Waals surface area contributed by atoms with Crippen molar-refractivity contribution < 1.29 is 14.3 Å². The molecule has 3 rings (SSSR count). The van der Waals surface area contributed by atoms with Crippen LogP contribution in [0.1, 0.15) is 5.56 Å². The lowest BCUT2D eigenvalue weighted by atomic mass is 10.2. The summed E-state index contributed by atoms with van der Waals surface area (Å²) in [6.07, 6.45) is 1.77. The summed E-state index contributed by atoms with van der Waals surface area (Å²) in [5, 5.41) is 0.546. The highest BCUT2D eigenvalue weighted by molar-refractivity contribution is 9.10. The number of carbonyl (C=O) groups excluding carboxylic acids is 1. The first-order valence-electron chi connectivity index (χ1n) is 7.39. The van der Waals surface area contributed by atoms with E-state index in [9.17, 15) is 4.79 Å². The van der Waals surface area contributed by atoms with Gasteiger partial charge in [0.05, 0.1) is 29.3 Å². The van der Waals surface area contributed by atoms with Crippen LogP contribution < -0.4 is 14.4 Å². The van der Waals surface area contributed by atoms with Gasteiger partial charge in [0.25, 0.3) is 5.91 Å². The SMILES string of the molecule is COc1cc(/C=C2\SC(=S)N(c3cccc(Cl)c3)C2=O)cc(Br)c1OC. The van der Waals surface area contributed by atoms with Crippen molar-refractivity contribution in [2.45, 2.75) is 0 Å². The largest absolute Gasteiger partial charge is 0.493 e. The van der Waals surface area contributed by atoms with Crippen LogP contribution in [0.25, 0.3) is 6.08 Å². The van der Waals surface area contributed by atoms with Crippen molar-refractivity contribution in [3.05, 3.63) is 56.4 Å². The van der Waals surface area contributed by atoms with Crippen LogP contribution in [0.4, 0.5) is 5.69 Å². The number of anilines is 1. The molecule has 0 aliphatic carbocycles. The predicted molar refractivity (Wildman–Crippen MR) is 114 cm³/mol. The molecular formula is C18H13BrClNO3S2. The number of methoxy groups -OCH3 is 2. The maximum absolute atomic E-state index is 12.8. The van der Waals surface area contributed by atoms with Gasteiger partial charge in [-0.15, -0.1) is 0 Å². The van der Waals surface area contributed by atoms with E-state index in [4.69, 9.17) is 33.3 Å². The summed E-state index contributed by atoms with van der Waals surface area (Å²) >= 11 is 16.1. The van der Waals surface area contributed by atoms with Crippen LogP contribution in [0.2, 0.25) is 5.02 Å². The fourth-order valence-corrected chi connectivity index (χ4v) is 4.58. The second kappa shape index (κ2) is 8.00. The summed E-state index contributed by atoms with van der Waals surface area (Å²) in [4.78, 5) is 14.8. The Morgan fingerprint density at radius 3 is 2.65 bits per heavy atom. The lowest BCUT2D eigenvalue weighted by molar-refractivity contribution is -0.113. The number of ether oxygens (including phenoxy) is 2.